The molecule has 0 atom stereocenters. The summed E-state index contributed by atoms with van der Waals surface area (Å²) >= 11 is 0. The fraction of sp³-hybridized carbons (Fsp3) is 0.538. The summed E-state index contributed by atoms with van der Waals surface area (Å²) in [7, 11) is 5.87. The maximum absolute atomic E-state index is 5.30. The van der Waals surface area contributed by atoms with Crippen molar-refractivity contribution in [3.05, 3.63) is 23.8 Å². The van der Waals surface area contributed by atoms with Crippen molar-refractivity contribution in [1.29, 1.82) is 0 Å². The van der Waals surface area contributed by atoms with Gasteiger partial charge in [-0.05, 0) is 44.3 Å². The van der Waals surface area contributed by atoms with Gasteiger partial charge in [-0.3, -0.25) is 0 Å². The summed E-state index contributed by atoms with van der Waals surface area (Å²) in [5.41, 5.74) is 2.41. The van der Waals surface area contributed by atoms with Crippen LogP contribution in [0.5, 0.6) is 5.75 Å². The molecular weight excluding hydrogens is 200 g/mol. The summed E-state index contributed by atoms with van der Waals surface area (Å²) in [5.74, 6) is 0.973. The van der Waals surface area contributed by atoms with Crippen LogP contribution in [0.3, 0.4) is 0 Å². The van der Waals surface area contributed by atoms with Crippen LogP contribution in [0.4, 0.5) is 5.69 Å². The molecule has 16 heavy (non-hydrogen) atoms. The highest BCUT2D eigenvalue weighted by Crippen LogP contribution is 2.22. The Kier molecular flexibility index (Phi) is 5.12. The van der Waals surface area contributed by atoms with Crippen LogP contribution in [-0.4, -0.2) is 39.2 Å². The lowest BCUT2D eigenvalue weighted by Gasteiger charge is -2.13. The van der Waals surface area contributed by atoms with Gasteiger partial charge in [-0.25, -0.2) is 0 Å². The Bertz CT molecular complexity index is 324. The van der Waals surface area contributed by atoms with Gasteiger partial charge in [0, 0.05) is 18.8 Å². The molecule has 0 saturated heterocycles. The van der Waals surface area contributed by atoms with Gasteiger partial charge in [0.2, 0.25) is 0 Å². The topological polar surface area (TPSA) is 24.5 Å². The van der Waals surface area contributed by atoms with E-state index in [4.69, 9.17) is 4.74 Å². The van der Waals surface area contributed by atoms with E-state index in [-0.39, 0.29) is 0 Å². The number of benzene rings is 1. The quantitative estimate of drug-likeness (QED) is 0.799. The molecule has 0 unspecified atom stereocenters. The number of nitrogens with zero attached hydrogens (tertiary/aromatic N) is 1. The fourth-order valence-corrected chi connectivity index (χ4v) is 1.59. The summed E-state index contributed by atoms with van der Waals surface area (Å²) < 4.78 is 5.30. The van der Waals surface area contributed by atoms with Crippen molar-refractivity contribution >= 4 is 5.69 Å². The molecule has 3 nitrogen and oxygen atoms in total. The lowest BCUT2D eigenvalue weighted by Crippen LogP contribution is -2.20. The van der Waals surface area contributed by atoms with Crippen LogP contribution in [0.15, 0.2) is 18.2 Å². The zero-order valence-electron chi connectivity index (χ0n) is 10.7. The molecule has 0 radical (unpaired) electrons. The number of ether oxygens (including phenoxy) is 1. The molecule has 0 saturated carbocycles. The van der Waals surface area contributed by atoms with Crippen LogP contribution in [0, 0.1) is 0 Å². The highest BCUT2D eigenvalue weighted by molar-refractivity contribution is 5.51. The Hall–Kier alpha value is -1.22. The van der Waals surface area contributed by atoms with E-state index in [1.807, 2.05) is 6.07 Å². The maximum Gasteiger partial charge on any atom is 0.122 e. The van der Waals surface area contributed by atoms with Gasteiger partial charge < -0.3 is 15.0 Å². The Morgan fingerprint density at radius 1 is 1.31 bits per heavy atom. The number of nitrogens with one attached hydrogen (secondary N) is 1. The van der Waals surface area contributed by atoms with Crippen LogP contribution < -0.4 is 10.1 Å². The van der Waals surface area contributed by atoms with Crippen LogP contribution in [0.25, 0.3) is 0 Å². The molecular formula is C13H22N2O. The lowest BCUT2D eigenvalue weighted by molar-refractivity contribution is 0.410. The zero-order chi connectivity index (χ0) is 12.0. The van der Waals surface area contributed by atoms with Gasteiger partial charge in [0.1, 0.15) is 5.75 Å². The largest absolute Gasteiger partial charge is 0.496 e. The second-order valence-corrected chi connectivity index (χ2v) is 4.11. The summed E-state index contributed by atoms with van der Waals surface area (Å²) in [6, 6.07) is 6.25. The first kappa shape index (κ1) is 12.8. The van der Waals surface area contributed by atoms with Gasteiger partial charge in [-0.2, -0.15) is 0 Å². The van der Waals surface area contributed by atoms with E-state index < -0.39 is 0 Å². The summed E-state index contributed by atoms with van der Waals surface area (Å²) in [6.45, 7) is 4.14. The molecule has 1 aromatic rings. The summed E-state index contributed by atoms with van der Waals surface area (Å²) in [5, 5.41) is 3.40. The highest BCUT2D eigenvalue weighted by Gasteiger charge is 2.02. The average Bonchev–Trinajstić information content (AvgIpc) is 2.28. The summed E-state index contributed by atoms with van der Waals surface area (Å²) in [6.07, 6.45) is 0.992. The predicted molar refractivity (Wildman–Crippen MR) is 69.4 cm³/mol. The highest BCUT2D eigenvalue weighted by atomic mass is 16.5. The minimum atomic E-state index is 0.961. The summed E-state index contributed by atoms with van der Waals surface area (Å²) in [4.78, 5) is 2.16. The second-order valence-electron chi connectivity index (χ2n) is 4.11. The van der Waals surface area contributed by atoms with E-state index in [1.54, 1.807) is 7.11 Å². The van der Waals surface area contributed by atoms with Crippen molar-refractivity contribution in [2.75, 3.05) is 39.6 Å². The van der Waals surface area contributed by atoms with Gasteiger partial charge >= 0.3 is 0 Å². The number of aryl methyl sites for hydroxylation is 1. The lowest BCUT2D eigenvalue weighted by atomic mass is 10.1. The molecule has 1 N–H and O–H groups in total. The monoisotopic (exact) mass is 222 g/mol. The van der Waals surface area contributed by atoms with E-state index >= 15 is 0 Å². The Morgan fingerprint density at radius 2 is 2.06 bits per heavy atom. The van der Waals surface area contributed by atoms with Crippen molar-refractivity contribution in [1.82, 2.24) is 4.90 Å². The van der Waals surface area contributed by atoms with Crippen LogP contribution in [-0.2, 0) is 6.42 Å². The molecule has 0 aliphatic carbocycles. The van der Waals surface area contributed by atoms with E-state index in [9.17, 15) is 0 Å². The Morgan fingerprint density at radius 3 is 2.62 bits per heavy atom. The molecule has 1 rings (SSSR count). The van der Waals surface area contributed by atoms with Crippen molar-refractivity contribution in [2.45, 2.75) is 13.3 Å². The fourth-order valence-electron chi connectivity index (χ4n) is 1.59. The minimum absolute atomic E-state index is 0.961. The number of likely N-dealkylation sites (N-methyl/N-ethyl adjacent to an activating group) is 1. The molecule has 0 aromatic heterocycles. The molecule has 0 aliphatic rings. The third-order valence-corrected chi connectivity index (χ3v) is 2.55. The van der Waals surface area contributed by atoms with E-state index in [0.717, 1.165) is 25.3 Å². The molecule has 0 bridgehead atoms. The van der Waals surface area contributed by atoms with Crippen molar-refractivity contribution in [3.63, 3.8) is 0 Å². The number of hydrogen-bond acceptors (Lipinski definition) is 3. The van der Waals surface area contributed by atoms with Crippen LogP contribution in [0.1, 0.15) is 12.5 Å². The predicted octanol–water partition coefficient (Wildman–Crippen LogP) is 2.23. The Labute approximate surface area is 98.4 Å². The van der Waals surface area contributed by atoms with Gasteiger partial charge in [-0.1, -0.05) is 6.92 Å². The number of methoxy groups -OCH3 is 1. The average molecular weight is 222 g/mol. The second kappa shape index (κ2) is 6.38. The molecule has 0 amide bonds. The minimum Gasteiger partial charge on any atom is -0.496 e. The molecule has 0 fully saturated rings. The zero-order valence-corrected chi connectivity index (χ0v) is 10.7. The SMILES string of the molecule is CCc1cc(NCCN(C)C)ccc1OC. The number of anilines is 1. The first-order chi connectivity index (χ1) is 7.67. The first-order valence-corrected chi connectivity index (χ1v) is 5.73. The van der Waals surface area contributed by atoms with Crippen LogP contribution in [0.2, 0.25) is 0 Å². The van der Waals surface area contributed by atoms with Crippen molar-refractivity contribution < 1.29 is 4.74 Å². The van der Waals surface area contributed by atoms with Crippen LogP contribution >= 0.6 is 0 Å². The van der Waals surface area contributed by atoms with E-state index in [0.29, 0.717) is 0 Å². The molecule has 0 spiro atoms. The van der Waals surface area contributed by atoms with Gasteiger partial charge in [0.15, 0.2) is 0 Å². The van der Waals surface area contributed by atoms with Gasteiger partial charge in [0.05, 0.1) is 7.11 Å². The first-order valence-electron chi connectivity index (χ1n) is 5.73. The molecule has 3 heteroatoms. The van der Waals surface area contributed by atoms with E-state index in [2.05, 4.69) is 43.4 Å². The number of rotatable bonds is 6. The third kappa shape index (κ3) is 3.74. The van der Waals surface area contributed by atoms with Crippen molar-refractivity contribution in [3.8, 4) is 5.75 Å². The third-order valence-electron chi connectivity index (χ3n) is 2.55. The smallest absolute Gasteiger partial charge is 0.122 e. The molecule has 90 valence electrons. The molecule has 1 aromatic carbocycles. The van der Waals surface area contributed by atoms with Crippen molar-refractivity contribution in [2.24, 2.45) is 0 Å². The molecule has 0 heterocycles. The van der Waals surface area contributed by atoms with Gasteiger partial charge in [-0.15, -0.1) is 0 Å². The normalized spacial score (nSPS) is 10.6. The van der Waals surface area contributed by atoms with E-state index in [1.165, 1.54) is 11.3 Å². The Balaban J connectivity index is 2.60. The maximum atomic E-state index is 5.30. The number of hydrogen-bond donors (Lipinski definition) is 1. The van der Waals surface area contributed by atoms with Gasteiger partial charge in [0.25, 0.3) is 0 Å². The molecule has 0 aliphatic heterocycles. The standard InChI is InChI=1S/C13H22N2O/c1-5-11-10-12(6-7-13(11)16-4)14-8-9-15(2)3/h6-7,10,14H,5,8-9H2,1-4H3.